The first-order valence-corrected chi connectivity index (χ1v) is 13.6. The van der Waals surface area contributed by atoms with E-state index in [0.717, 1.165) is 6.26 Å². The minimum atomic E-state index is -3.57. The quantitative estimate of drug-likeness (QED) is 0.339. The van der Waals surface area contributed by atoms with E-state index >= 15 is 0 Å². The Bertz CT molecular complexity index is 950. The van der Waals surface area contributed by atoms with Gasteiger partial charge in [0.1, 0.15) is 11.9 Å². The van der Waals surface area contributed by atoms with Gasteiger partial charge in [-0.05, 0) is 12.5 Å². The van der Waals surface area contributed by atoms with Crippen LogP contribution >= 0.6 is 21.6 Å². The summed E-state index contributed by atoms with van der Waals surface area (Å²) in [5, 5.41) is 11.3. The Morgan fingerprint density at radius 1 is 1.28 bits per heavy atom. The molecule has 0 spiro atoms. The highest BCUT2D eigenvalue weighted by atomic mass is 33.1. The number of hydrogen-bond donors (Lipinski definition) is 2. The molecule has 1 fully saturated rings. The van der Waals surface area contributed by atoms with Gasteiger partial charge in [0.25, 0.3) is 0 Å². The number of nitrogens with zero attached hydrogens (tertiary/aromatic N) is 1. The SMILES string of the molecule is CC(=O)N[C@@H](CSS[C@@H]1C[C@@H](COCc2cc(F)c(F)cc2F)N(S(C)(=O)=O)C1)C(=O)O. The van der Waals surface area contributed by atoms with Crippen LogP contribution in [0.1, 0.15) is 18.9 Å². The lowest BCUT2D eigenvalue weighted by Gasteiger charge is -2.21. The third-order valence-electron chi connectivity index (χ3n) is 4.52. The Morgan fingerprint density at radius 3 is 2.53 bits per heavy atom. The fourth-order valence-electron chi connectivity index (χ4n) is 3.08. The van der Waals surface area contributed by atoms with Crippen molar-refractivity contribution in [3.05, 3.63) is 35.1 Å². The predicted molar refractivity (Wildman–Crippen MR) is 115 cm³/mol. The van der Waals surface area contributed by atoms with Gasteiger partial charge in [-0.2, -0.15) is 4.31 Å². The molecule has 1 aromatic rings. The second-order valence-electron chi connectivity index (χ2n) is 7.19. The lowest BCUT2D eigenvalue weighted by Crippen LogP contribution is -2.41. The summed E-state index contributed by atoms with van der Waals surface area (Å²) in [4.78, 5) is 22.3. The second kappa shape index (κ2) is 11.6. The molecule has 0 bridgehead atoms. The zero-order valence-electron chi connectivity index (χ0n) is 17.2. The molecule has 1 aliphatic heterocycles. The molecule has 2 rings (SSSR count). The Kier molecular flexibility index (Phi) is 9.69. The Morgan fingerprint density at radius 2 is 1.94 bits per heavy atom. The van der Waals surface area contributed by atoms with Crippen LogP contribution in [0.25, 0.3) is 0 Å². The number of amides is 1. The number of ether oxygens (including phenoxy) is 1. The maximum atomic E-state index is 13.7. The number of aliphatic carboxylic acids is 1. The van der Waals surface area contributed by atoms with Crippen molar-refractivity contribution < 1.29 is 41.0 Å². The number of nitrogens with one attached hydrogen (secondary N) is 1. The minimum absolute atomic E-state index is 0.0864. The number of hydrogen-bond acceptors (Lipinski definition) is 7. The van der Waals surface area contributed by atoms with Crippen LogP contribution in [0.4, 0.5) is 13.2 Å². The Balaban J connectivity index is 1.92. The number of rotatable bonds is 11. The molecule has 1 saturated heterocycles. The summed E-state index contributed by atoms with van der Waals surface area (Å²) in [6, 6.07) is -0.511. The Labute approximate surface area is 191 Å². The van der Waals surface area contributed by atoms with Crippen LogP contribution in [0, 0.1) is 17.5 Å². The van der Waals surface area contributed by atoms with E-state index in [1.54, 1.807) is 0 Å². The molecule has 180 valence electrons. The summed E-state index contributed by atoms with van der Waals surface area (Å²) in [5.41, 5.74) is -0.188. The zero-order valence-corrected chi connectivity index (χ0v) is 19.7. The van der Waals surface area contributed by atoms with Crippen molar-refractivity contribution in [2.75, 3.05) is 25.2 Å². The van der Waals surface area contributed by atoms with Crippen molar-refractivity contribution >= 4 is 43.5 Å². The van der Waals surface area contributed by atoms with E-state index in [1.807, 2.05) is 0 Å². The Hall–Kier alpha value is -1.48. The van der Waals surface area contributed by atoms with Crippen molar-refractivity contribution in [3.63, 3.8) is 0 Å². The molecule has 0 unspecified atom stereocenters. The molecule has 1 aromatic carbocycles. The molecule has 0 aromatic heterocycles. The smallest absolute Gasteiger partial charge is 0.327 e. The van der Waals surface area contributed by atoms with Gasteiger partial charge >= 0.3 is 5.97 Å². The molecule has 2 N–H and O–H groups in total. The zero-order chi connectivity index (χ0) is 24.1. The molecule has 14 heteroatoms. The normalized spacial score (nSPS) is 20.3. The van der Waals surface area contributed by atoms with Crippen LogP contribution in [0.15, 0.2) is 12.1 Å². The second-order valence-corrected chi connectivity index (χ2v) is 11.8. The van der Waals surface area contributed by atoms with Crippen LogP contribution in [0.3, 0.4) is 0 Å². The lowest BCUT2D eigenvalue weighted by molar-refractivity contribution is -0.140. The molecule has 1 aliphatic rings. The first-order chi connectivity index (χ1) is 14.9. The number of carbonyl (C=O) groups is 2. The molecule has 3 atom stereocenters. The van der Waals surface area contributed by atoms with Gasteiger partial charge in [-0.3, -0.25) is 4.79 Å². The molecule has 8 nitrogen and oxygen atoms in total. The monoisotopic (exact) mass is 516 g/mol. The fourth-order valence-corrected chi connectivity index (χ4v) is 7.10. The molecule has 0 saturated carbocycles. The van der Waals surface area contributed by atoms with Gasteiger partial charge in [-0.15, -0.1) is 0 Å². The standard InChI is InChI=1S/C18H23F3N2O6S3/c1-10(24)22-17(18(25)26)9-30-31-13-4-12(23(6-13)32(2,27)28)8-29-7-11-3-15(20)16(21)5-14(11)19/h3,5,12-13,17H,4,6-9H2,1-2H3,(H,22,24)(H,25,26)/t12-,13+,17-/m0/s1. The highest BCUT2D eigenvalue weighted by Crippen LogP contribution is 2.36. The number of carboxylic acids is 1. The third kappa shape index (κ3) is 7.83. The van der Waals surface area contributed by atoms with Crippen molar-refractivity contribution in [1.29, 1.82) is 0 Å². The van der Waals surface area contributed by atoms with Crippen molar-refractivity contribution in [3.8, 4) is 0 Å². The van der Waals surface area contributed by atoms with Crippen LogP contribution in [0.2, 0.25) is 0 Å². The third-order valence-corrected chi connectivity index (χ3v) is 8.67. The van der Waals surface area contributed by atoms with Gasteiger partial charge in [-0.25, -0.2) is 26.4 Å². The van der Waals surface area contributed by atoms with Crippen molar-refractivity contribution in [1.82, 2.24) is 9.62 Å². The van der Waals surface area contributed by atoms with Crippen LogP contribution in [0.5, 0.6) is 0 Å². The van der Waals surface area contributed by atoms with Gasteiger partial charge in [-0.1, -0.05) is 21.6 Å². The van der Waals surface area contributed by atoms with E-state index in [4.69, 9.17) is 9.84 Å². The van der Waals surface area contributed by atoms with E-state index < -0.39 is 51.4 Å². The van der Waals surface area contributed by atoms with E-state index in [0.29, 0.717) is 18.6 Å². The fraction of sp³-hybridized carbons (Fsp3) is 0.556. The van der Waals surface area contributed by atoms with Gasteiger partial charge in [0.2, 0.25) is 15.9 Å². The molecule has 1 amide bonds. The first-order valence-electron chi connectivity index (χ1n) is 9.34. The van der Waals surface area contributed by atoms with Gasteiger partial charge < -0.3 is 15.2 Å². The predicted octanol–water partition coefficient (Wildman–Crippen LogP) is 1.99. The summed E-state index contributed by atoms with van der Waals surface area (Å²) in [5.74, 6) is -5.05. The van der Waals surface area contributed by atoms with Gasteiger partial charge in [0, 0.05) is 42.1 Å². The number of sulfonamides is 1. The topological polar surface area (TPSA) is 113 Å². The van der Waals surface area contributed by atoms with Crippen molar-refractivity contribution in [2.45, 2.75) is 37.3 Å². The molecule has 0 aliphatic carbocycles. The number of halogens is 3. The molecule has 32 heavy (non-hydrogen) atoms. The van der Waals surface area contributed by atoms with Crippen molar-refractivity contribution in [2.24, 2.45) is 0 Å². The highest BCUT2D eigenvalue weighted by Gasteiger charge is 2.38. The average molecular weight is 517 g/mol. The summed E-state index contributed by atoms with van der Waals surface area (Å²) in [6.07, 6.45) is 1.44. The van der Waals surface area contributed by atoms with Crippen LogP contribution in [-0.4, -0.2) is 72.2 Å². The number of carboxylic acid groups (broad SMARTS) is 1. The summed E-state index contributed by atoms with van der Waals surface area (Å²) >= 11 is 0. The average Bonchev–Trinajstić information content (AvgIpc) is 3.08. The molecule has 0 radical (unpaired) electrons. The highest BCUT2D eigenvalue weighted by molar-refractivity contribution is 8.77. The maximum absolute atomic E-state index is 13.7. The molecule has 1 heterocycles. The van der Waals surface area contributed by atoms with E-state index in [1.165, 1.54) is 32.8 Å². The summed E-state index contributed by atoms with van der Waals surface area (Å²) in [6.45, 7) is 0.936. The first kappa shape index (κ1) is 26.8. The number of carbonyl (C=O) groups excluding carboxylic acids is 1. The van der Waals surface area contributed by atoms with E-state index in [-0.39, 0.29) is 36.3 Å². The maximum Gasteiger partial charge on any atom is 0.327 e. The largest absolute Gasteiger partial charge is 0.480 e. The minimum Gasteiger partial charge on any atom is -0.480 e. The van der Waals surface area contributed by atoms with Gasteiger partial charge in [0.05, 0.1) is 19.5 Å². The van der Waals surface area contributed by atoms with E-state index in [2.05, 4.69) is 5.32 Å². The lowest BCUT2D eigenvalue weighted by atomic mass is 10.2. The van der Waals surface area contributed by atoms with Crippen LogP contribution < -0.4 is 5.32 Å². The summed E-state index contributed by atoms with van der Waals surface area (Å²) in [7, 11) is -1.07. The number of benzene rings is 1. The molecular weight excluding hydrogens is 493 g/mol. The van der Waals surface area contributed by atoms with Crippen LogP contribution in [-0.2, 0) is 31.0 Å². The summed E-state index contributed by atoms with van der Waals surface area (Å²) < 4.78 is 71.0. The molecular formula is C18H23F3N2O6S3. The van der Waals surface area contributed by atoms with E-state index in [9.17, 15) is 31.2 Å². The van der Waals surface area contributed by atoms with Gasteiger partial charge in [0.15, 0.2) is 11.6 Å².